The van der Waals surface area contributed by atoms with E-state index in [0.29, 0.717) is 24.7 Å². The van der Waals surface area contributed by atoms with Gasteiger partial charge in [0.05, 0.1) is 0 Å². The Hall–Kier alpha value is -2.12. The first-order chi connectivity index (χ1) is 12.3. The fourth-order valence-electron chi connectivity index (χ4n) is 3.58. The van der Waals surface area contributed by atoms with Crippen LogP contribution in [-0.4, -0.2) is 60.4 Å². The zero-order chi connectivity index (χ0) is 18.9. The predicted octanol–water partition coefficient (Wildman–Crippen LogP) is 1.39. The zero-order valence-corrected chi connectivity index (χ0v) is 16.8. The summed E-state index contributed by atoms with van der Waals surface area (Å²) in [6.07, 6.45) is 1.76. The minimum absolute atomic E-state index is 0. The minimum Gasteiger partial charge on any atom is -0.341 e. The Morgan fingerprint density at radius 1 is 1.22 bits per heavy atom. The highest BCUT2D eigenvalue weighted by Crippen LogP contribution is 2.29. The van der Waals surface area contributed by atoms with Gasteiger partial charge in [-0.15, -0.1) is 12.4 Å². The van der Waals surface area contributed by atoms with E-state index < -0.39 is 11.6 Å². The van der Waals surface area contributed by atoms with E-state index in [2.05, 4.69) is 10.6 Å². The van der Waals surface area contributed by atoms with Gasteiger partial charge in [0.15, 0.2) is 0 Å². The number of nitrogens with one attached hydrogen (secondary N) is 2. The molecule has 0 radical (unpaired) electrons. The maximum atomic E-state index is 12.9. The van der Waals surface area contributed by atoms with Gasteiger partial charge < -0.3 is 15.5 Å². The van der Waals surface area contributed by atoms with Crippen LogP contribution in [0.15, 0.2) is 24.3 Å². The van der Waals surface area contributed by atoms with E-state index in [1.54, 1.807) is 11.8 Å². The van der Waals surface area contributed by atoms with E-state index in [9.17, 15) is 14.4 Å². The van der Waals surface area contributed by atoms with Gasteiger partial charge in [-0.05, 0) is 39.3 Å². The molecular weight excluding hydrogens is 368 g/mol. The van der Waals surface area contributed by atoms with Gasteiger partial charge in [-0.25, -0.2) is 4.79 Å². The molecule has 1 aromatic rings. The highest BCUT2D eigenvalue weighted by molar-refractivity contribution is 6.09. The van der Waals surface area contributed by atoms with Crippen LogP contribution in [0.2, 0.25) is 0 Å². The Morgan fingerprint density at radius 2 is 1.81 bits per heavy atom. The molecule has 2 saturated heterocycles. The topological polar surface area (TPSA) is 81.8 Å². The summed E-state index contributed by atoms with van der Waals surface area (Å²) in [6.45, 7) is 4.72. The summed E-state index contributed by atoms with van der Waals surface area (Å²) in [5.74, 6) is -0.568. The Kier molecular flexibility index (Phi) is 6.49. The van der Waals surface area contributed by atoms with Crippen molar-refractivity contribution < 1.29 is 14.4 Å². The van der Waals surface area contributed by atoms with Gasteiger partial charge in [-0.2, -0.15) is 0 Å². The van der Waals surface area contributed by atoms with Crippen molar-refractivity contribution in [2.45, 2.75) is 38.3 Å². The van der Waals surface area contributed by atoms with Crippen LogP contribution in [0, 0.1) is 6.92 Å². The van der Waals surface area contributed by atoms with E-state index >= 15 is 0 Å². The molecule has 2 N–H and O–H groups in total. The van der Waals surface area contributed by atoms with Crippen molar-refractivity contribution in [1.29, 1.82) is 0 Å². The van der Waals surface area contributed by atoms with E-state index in [0.717, 1.165) is 23.3 Å². The first-order valence-corrected chi connectivity index (χ1v) is 9.01. The molecule has 1 aromatic carbocycles. The lowest BCUT2D eigenvalue weighted by atomic mass is 9.91. The predicted molar refractivity (Wildman–Crippen MR) is 105 cm³/mol. The highest BCUT2D eigenvalue weighted by Gasteiger charge is 2.49. The maximum absolute atomic E-state index is 12.9. The van der Waals surface area contributed by atoms with Crippen molar-refractivity contribution in [3.05, 3.63) is 35.4 Å². The van der Waals surface area contributed by atoms with Crippen LogP contribution in [0.25, 0.3) is 0 Å². The molecule has 7 nitrogen and oxygen atoms in total. The fraction of sp³-hybridized carbons (Fsp3) is 0.526. The molecule has 2 aliphatic heterocycles. The van der Waals surface area contributed by atoms with Gasteiger partial charge in [0.2, 0.25) is 5.91 Å². The van der Waals surface area contributed by atoms with E-state index in [1.807, 2.05) is 38.2 Å². The number of rotatable bonds is 4. The largest absolute Gasteiger partial charge is 0.341 e. The molecule has 27 heavy (non-hydrogen) atoms. The van der Waals surface area contributed by atoms with Crippen LogP contribution in [0.3, 0.4) is 0 Å². The second kappa shape index (κ2) is 8.27. The third kappa shape index (κ3) is 4.09. The normalized spacial score (nSPS) is 23.2. The Morgan fingerprint density at radius 3 is 2.37 bits per heavy atom. The average molecular weight is 395 g/mol. The number of carbonyl (C=O) groups is 3. The van der Waals surface area contributed by atoms with Crippen LogP contribution >= 0.6 is 12.4 Å². The number of hydrogen-bond donors (Lipinski definition) is 2. The van der Waals surface area contributed by atoms with Crippen molar-refractivity contribution >= 4 is 30.3 Å². The maximum Gasteiger partial charge on any atom is 0.325 e. The number of aryl methyl sites for hydroxylation is 1. The standard InChI is InChI=1S/C19H26N4O3.ClH/c1-13-4-6-14(7-5-13)19(2)17(25)23(18(26)21-19)12-16(24)22-10-8-15(20-3)9-11-22;/h4-7,15,20H,8-12H2,1-3H3,(H,21,26);1H. The SMILES string of the molecule is CNC1CCN(C(=O)CN2C(=O)NC(C)(c3ccc(C)cc3)C2=O)CC1.Cl. The molecule has 1 atom stereocenters. The number of urea groups is 1. The number of carbonyl (C=O) groups excluding carboxylic acids is 3. The smallest absolute Gasteiger partial charge is 0.325 e. The molecule has 4 amide bonds. The third-order valence-corrected chi connectivity index (χ3v) is 5.45. The number of benzene rings is 1. The molecule has 2 aliphatic rings. The van der Waals surface area contributed by atoms with Crippen molar-refractivity contribution in [3.63, 3.8) is 0 Å². The molecule has 8 heteroatoms. The number of halogens is 1. The average Bonchev–Trinajstić information content (AvgIpc) is 2.86. The number of imide groups is 1. The summed E-state index contributed by atoms with van der Waals surface area (Å²) in [7, 11) is 1.92. The molecule has 2 fully saturated rings. The molecule has 0 aromatic heterocycles. The highest BCUT2D eigenvalue weighted by atomic mass is 35.5. The Labute approximate surface area is 165 Å². The molecule has 0 spiro atoms. The number of likely N-dealkylation sites (tertiary alicyclic amines) is 1. The fourth-order valence-corrected chi connectivity index (χ4v) is 3.58. The van der Waals surface area contributed by atoms with Crippen molar-refractivity contribution in [2.24, 2.45) is 0 Å². The summed E-state index contributed by atoms with van der Waals surface area (Å²) in [6, 6.07) is 7.37. The van der Waals surface area contributed by atoms with E-state index in [-0.39, 0.29) is 30.8 Å². The number of nitrogens with zero attached hydrogens (tertiary/aromatic N) is 2. The summed E-state index contributed by atoms with van der Waals surface area (Å²) in [5, 5.41) is 5.96. The Bertz CT molecular complexity index is 716. The van der Waals surface area contributed by atoms with Gasteiger partial charge in [-0.1, -0.05) is 29.8 Å². The summed E-state index contributed by atoms with van der Waals surface area (Å²) in [4.78, 5) is 40.6. The molecular formula is C19H27ClN4O3. The summed E-state index contributed by atoms with van der Waals surface area (Å²) >= 11 is 0. The summed E-state index contributed by atoms with van der Waals surface area (Å²) < 4.78 is 0. The number of amides is 4. The molecule has 148 valence electrons. The van der Waals surface area contributed by atoms with Crippen molar-refractivity contribution in [3.8, 4) is 0 Å². The lowest BCUT2D eigenvalue weighted by Crippen LogP contribution is -2.48. The lowest BCUT2D eigenvalue weighted by Gasteiger charge is -2.32. The number of piperidine rings is 1. The van der Waals surface area contributed by atoms with Crippen LogP contribution in [0.5, 0.6) is 0 Å². The monoisotopic (exact) mass is 394 g/mol. The Balaban J connectivity index is 0.00000261. The lowest BCUT2D eigenvalue weighted by molar-refractivity contribution is -0.139. The van der Waals surface area contributed by atoms with Crippen LogP contribution < -0.4 is 10.6 Å². The third-order valence-electron chi connectivity index (χ3n) is 5.45. The second-order valence-corrected chi connectivity index (χ2v) is 7.26. The molecule has 3 rings (SSSR count). The van der Waals surface area contributed by atoms with E-state index in [4.69, 9.17) is 0 Å². The first-order valence-electron chi connectivity index (χ1n) is 9.01. The van der Waals surface area contributed by atoms with Crippen molar-refractivity contribution in [2.75, 3.05) is 26.7 Å². The van der Waals surface area contributed by atoms with Gasteiger partial charge in [0, 0.05) is 19.1 Å². The molecule has 0 bridgehead atoms. The van der Waals surface area contributed by atoms with Gasteiger partial charge >= 0.3 is 6.03 Å². The minimum atomic E-state index is -1.13. The number of hydrogen-bond acceptors (Lipinski definition) is 4. The molecule has 1 unspecified atom stereocenters. The van der Waals surface area contributed by atoms with Gasteiger partial charge in [0.25, 0.3) is 5.91 Å². The first kappa shape index (κ1) is 21.2. The molecule has 2 heterocycles. The van der Waals surface area contributed by atoms with E-state index in [1.165, 1.54) is 0 Å². The molecule has 0 saturated carbocycles. The van der Waals surface area contributed by atoms with Crippen LogP contribution in [0.4, 0.5) is 4.79 Å². The quantitative estimate of drug-likeness (QED) is 0.756. The molecule has 0 aliphatic carbocycles. The van der Waals surface area contributed by atoms with Crippen LogP contribution in [-0.2, 0) is 15.1 Å². The van der Waals surface area contributed by atoms with Crippen LogP contribution in [0.1, 0.15) is 30.9 Å². The zero-order valence-electron chi connectivity index (χ0n) is 15.9. The van der Waals surface area contributed by atoms with Gasteiger partial charge in [-0.3, -0.25) is 14.5 Å². The second-order valence-electron chi connectivity index (χ2n) is 7.26. The van der Waals surface area contributed by atoms with Crippen molar-refractivity contribution in [1.82, 2.24) is 20.4 Å². The summed E-state index contributed by atoms with van der Waals surface area (Å²) in [5.41, 5.74) is 0.654. The van der Waals surface area contributed by atoms with Gasteiger partial charge in [0.1, 0.15) is 12.1 Å².